The van der Waals surface area contributed by atoms with Crippen LogP contribution in [0.15, 0.2) is 22.5 Å². The number of nitrogens with zero attached hydrogens (tertiary/aromatic N) is 4. The van der Waals surface area contributed by atoms with Crippen molar-refractivity contribution < 1.29 is 0 Å². The molecule has 0 radical (unpaired) electrons. The first-order valence-corrected chi connectivity index (χ1v) is 8.58. The Balaban J connectivity index is 1.87. The predicted octanol–water partition coefficient (Wildman–Crippen LogP) is 2.44. The molecule has 1 unspecified atom stereocenters. The highest BCUT2D eigenvalue weighted by atomic mass is 32.1. The minimum absolute atomic E-state index is 0.689. The molecule has 1 aliphatic rings. The molecule has 1 aromatic heterocycles. The Morgan fingerprint density at radius 3 is 2.71 bits per heavy atom. The van der Waals surface area contributed by atoms with E-state index >= 15 is 0 Å². The Labute approximate surface area is 133 Å². The fourth-order valence-corrected chi connectivity index (χ4v) is 3.71. The van der Waals surface area contributed by atoms with Gasteiger partial charge in [0.05, 0.1) is 0 Å². The summed E-state index contributed by atoms with van der Waals surface area (Å²) in [5, 5.41) is 2.17. The molecule has 0 spiro atoms. The van der Waals surface area contributed by atoms with Crippen molar-refractivity contribution in [3.8, 4) is 0 Å². The van der Waals surface area contributed by atoms with Crippen molar-refractivity contribution in [2.45, 2.75) is 19.4 Å². The molecule has 1 atom stereocenters. The average molecular weight is 308 g/mol. The smallest absolute Gasteiger partial charge is 0.195 e. The molecule has 0 bridgehead atoms. The van der Waals surface area contributed by atoms with Crippen LogP contribution in [-0.4, -0.2) is 68.5 Å². The normalized spacial score (nSPS) is 19.3. The van der Waals surface area contributed by atoms with Crippen LogP contribution in [0.3, 0.4) is 0 Å². The third-order valence-electron chi connectivity index (χ3n) is 3.85. The Bertz CT molecular complexity index is 429. The molecule has 0 saturated carbocycles. The molecule has 0 aliphatic carbocycles. The van der Waals surface area contributed by atoms with Crippen molar-refractivity contribution in [3.63, 3.8) is 0 Å². The summed E-state index contributed by atoms with van der Waals surface area (Å²) in [6.07, 6.45) is 2.60. The van der Waals surface area contributed by atoms with Crippen LogP contribution in [0.4, 0.5) is 0 Å². The van der Waals surface area contributed by atoms with E-state index in [1.165, 1.54) is 30.8 Å². The van der Waals surface area contributed by atoms with Crippen LogP contribution >= 0.6 is 11.3 Å². The van der Waals surface area contributed by atoms with Crippen molar-refractivity contribution in [2.75, 3.05) is 47.8 Å². The van der Waals surface area contributed by atoms with Crippen LogP contribution in [0.5, 0.6) is 0 Å². The summed E-state index contributed by atoms with van der Waals surface area (Å²) in [7, 11) is 8.23. The van der Waals surface area contributed by atoms with Crippen molar-refractivity contribution >= 4 is 17.3 Å². The number of thiophene rings is 1. The third kappa shape index (κ3) is 5.00. The maximum atomic E-state index is 4.82. The van der Waals surface area contributed by atoms with Gasteiger partial charge in [0.2, 0.25) is 0 Å². The molecule has 0 amide bonds. The zero-order valence-corrected chi connectivity index (χ0v) is 14.6. The van der Waals surface area contributed by atoms with Gasteiger partial charge in [-0.2, -0.15) is 0 Å². The van der Waals surface area contributed by atoms with Gasteiger partial charge in [-0.05, 0) is 36.8 Å². The van der Waals surface area contributed by atoms with Crippen molar-refractivity contribution in [3.05, 3.63) is 22.4 Å². The lowest BCUT2D eigenvalue weighted by atomic mass is 9.98. The monoisotopic (exact) mass is 308 g/mol. The van der Waals surface area contributed by atoms with E-state index in [9.17, 15) is 0 Å². The number of hydrogen-bond donors (Lipinski definition) is 0. The van der Waals surface area contributed by atoms with Crippen LogP contribution in [0.2, 0.25) is 0 Å². The Kier molecular flexibility index (Phi) is 6.06. The molecule has 0 aromatic carbocycles. The summed E-state index contributed by atoms with van der Waals surface area (Å²) in [6.45, 7) is 4.45. The second kappa shape index (κ2) is 7.80. The van der Waals surface area contributed by atoms with Crippen LogP contribution in [0.25, 0.3) is 0 Å². The van der Waals surface area contributed by atoms with Gasteiger partial charge in [-0.25, -0.2) is 0 Å². The SMILES string of the molecule is CN(C)C(=NCC1CCCN(Cc2cccs2)C1)N(C)C. The first-order valence-electron chi connectivity index (χ1n) is 7.70. The van der Waals surface area contributed by atoms with Crippen molar-refractivity contribution in [1.82, 2.24) is 14.7 Å². The maximum absolute atomic E-state index is 4.82. The molecule has 1 aliphatic heterocycles. The second-order valence-electron chi connectivity index (χ2n) is 6.25. The fraction of sp³-hybridized carbons (Fsp3) is 0.688. The van der Waals surface area contributed by atoms with Crippen LogP contribution in [0.1, 0.15) is 17.7 Å². The lowest BCUT2D eigenvalue weighted by molar-refractivity contribution is 0.172. The molecule has 2 rings (SSSR count). The number of piperidine rings is 1. The highest BCUT2D eigenvalue weighted by Crippen LogP contribution is 2.20. The number of aliphatic imine (C=N–C) groups is 1. The van der Waals surface area contributed by atoms with E-state index in [0.717, 1.165) is 19.0 Å². The standard InChI is InChI=1S/C16H28N4S/c1-18(2)16(19(3)4)17-11-14-7-5-9-20(12-14)13-15-8-6-10-21-15/h6,8,10,14H,5,7,9,11-13H2,1-4H3. The molecular formula is C16H28N4S. The number of hydrogen-bond acceptors (Lipinski definition) is 3. The van der Waals surface area contributed by atoms with Gasteiger partial charge < -0.3 is 9.80 Å². The highest BCUT2D eigenvalue weighted by Gasteiger charge is 2.20. The highest BCUT2D eigenvalue weighted by molar-refractivity contribution is 7.09. The van der Waals surface area contributed by atoms with Gasteiger partial charge in [0.25, 0.3) is 0 Å². The van der Waals surface area contributed by atoms with E-state index in [2.05, 4.69) is 60.4 Å². The van der Waals surface area contributed by atoms with E-state index in [-0.39, 0.29) is 0 Å². The van der Waals surface area contributed by atoms with E-state index in [1.807, 2.05) is 11.3 Å². The average Bonchev–Trinajstić information content (AvgIpc) is 2.91. The minimum atomic E-state index is 0.689. The zero-order valence-electron chi connectivity index (χ0n) is 13.7. The van der Waals surface area contributed by atoms with Gasteiger partial charge in [0.15, 0.2) is 5.96 Å². The van der Waals surface area contributed by atoms with Gasteiger partial charge in [0, 0.05) is 52.7 Å². The lowest BCUT2D eigenvalue weighted by Gasteiger charge is -2.32. The maximum Gasteiger partial charge on any atom is 0.195 e. The molecule has 2 heterocycles. The molecule has 21 heavy (non-hydrogen) atoms. The molecule has 118 valence electrons. The topological polar surface area (TPSA) is 22.1 Å². The molecule has 1 aromatic rings. The first kappa shape index (κ1) is 16.3. The number of guanidine groups is 1. The zero-order chi connectivity index (χ0) is 15.2. The van der Waals surface area contributed by atoms with E-state index in [4.69, 9.17) is 4.99 Å². The van der Waals surface area contributed by atoms with Gasteiger partial charge in [-0.3, -0.25) is 9.89 Å². The summed E-state index contributed by atoms with van der Waals surface area (Å²) in [6, 6.07) is 4.38. The van der Waals surface area contributed by atoms with Crippen LogP contribution < -0.4 is 0 Å². The largest absolute Gasteiger partial charge is 0.349 e. The molecule has 1 saturated heterocycles. The summed E-state index contributed by atoms with van der Waals surface area (Å²) < 4.78 is 0. The Hall–Kier alpha value is -1.07. The molecule has 5 heteroatoms. The molecule has 1 fully saturated rings. The van der Waals surface area contributed by atoms with Crippen molar-refractivity contribution in [2.24, 2.45) is 10.9 Å². The van der Waals surface area contributed by atoms with E-state index in [0.29, 0.717) is 5.92 Å². The fourth-order valence-electron chi connectivity index (χ4n) is 2.96. The van der Waals surface area contributed by atoms with Gasteiger partial charge >= 0.3 is 0 Å². The second-order valence-corrected chi connectivity index (χ2v) is 7.28. The Morgan fingerprint density at radius 1 is 1.33 bits per heavy atom. The van der Waals surface area contributed by atoms with E-state index in [1.54, 1.807) is 0 Å². The predicted molar refractivity (Wildman–Crippen MR) is 92.0 cm³/mol. The first-order chi connectivity index (χ1) is 10.1. The summed E-state index contributed by atoms with van der Waals surface area (Å²) in [4.78, 5) is 13.1. The summed E-state index contributed by atoms with van der Waals surface area (Å²) in [5.41, 5.74) is 0. The van der Waals surface area contributed by atoms with Crippen LogP contribution in [-0.2, 0) is 6.54 Å². The van der Waals surface area contributed by atoms with Gasteiger partial charge in [-0.15, -0.1) is 11.3 Å². The van der Waals surface area contributed by atoms with Gasteiger partial charge in [-0.1, -0.05) is 6.07 Å². The van der Waals surface area contributed by atoms with Crippen LogP contribution in [0, 0.1) is 5.92 Å². The third-order valence-corrected chi connectivity index (χ3v) is 4.71. The lowest BCUT2D eigenvalue weighted by Crippen LogP contribution is -2.38. The summed E-state index contributed by atoms with van der Waals surface area (Å²) >= 11 is 1.86. The number of rotatable bonds is 4. The molecule has 4 nitrogen and oxygen atoms in total. The van der Waals surface area contributed by atoms with Gasteiger partial charge in [0.1, 0.15) is 0 Å². The molecular weight excluding hydrogens is 280 g/mol. The minimum Gasteiger partial charge on any atom is -0.349 e. The quantitative estimate of drug-likeness (QED) is 0.630. The number of likely N-dealkylation sites (tertiary alicyclic amines) is 1. The summed E-state index contributed by atoms with van der Waals surface area (Å²) in [5.74, 6) is 1.75. The molecule has 0 N–H and O–H groups in total. The van der Waals surface area contributed by atoms with Crippen molar-refractivity contribution in [1.29, 1.82) is 0 Å². The van der Waals surface area contributed by atoms with E-state index < -0.39 is 0 Å². The Morgan fingerprint density at radius 2 is 2.10 bits per heavy atom.